The monoisotopic (exact) mass is 314 g/mol. The molecule has 1 heterocycles. The van der Waals surface area contributed by atoms with Gasteiger partial charge in [-0.15, -0.1) is 0 Å². The van der Waals surface area contributed by atoms with Crippen LogP contribution in [0.2, 0.25) is 0 Å². The predicted octanol–water partition coefficient (Wildman–Crippen LogP) is 2.49. The first-order valence-electron chi connectivity index (χ1n) is 7.92. The van der Waals surface area contributed by atoms with Crippen LogP contribution in [0.4, 0.5) is 0 Å². The van der Waals surface area contributed by atoms with Crippen LogP contribution < -0.4 is 5.73 Å². The number of carbonyl (C=O) groups excluding carboxylic acids is 1. The van der Waals surface area contributed by atoms with Gasteiger partial charge in [-0.2, -0.15) is 5.10 Å². The summed E-state index contributed by atoms with van der Waals surface area (Å²) in [5, 5.41) is 4.67. The van der Waals surface area contributed by atoms with Gasteiger partial charge in [0.05, 0.1) is 11.4 Å². The molecule has 2 N–H and O–H groups in total. The summed E-state index contributed by atoms with van der Waals surface area (Å²) in [7, 11) is 1.81. The zero-order valence-corrected chi connectivity index (χ0v) is 14.6. The van der Waals surface area contributed by atoms with Crippen LogP contribution in [0, 0.1) is 20.8 Å². The number of nitrogens with two attached hydrogens (primary N) is 1. The van der Waals surface area contributed by atoms with Crippen LogP contribution in [0.25, 0.3) is 5.69 Å². The fourth-order valence-corrected chi connectivity index (χ4v) is 2.70. The van der Waals surface area contributed by atoms with Crippen molar-refractivity contribution in [2.45, 2.75) is 46.7 Å². The van der Waals surface area contributed by atoms with Crippen molar-refractivity contribution in [2.24, 2.45) is 5.73 Å². The van der Waals surface area contributed by atoms with Gasteiger partial charge in [0.25, 0.3) is 0 Å². The van der Waals surface area contributed by atoms with Crippen molar-refractivity contribution in [1.82, 2.24) is 14.7 Å². The van der Waals surface area contributed by atoms with E-state index in [-0.39, 0.29) is 11.9 Å². The van der Waals surface area contributed by atoms with Crippen LogP contribution in [0.3, 0.4) is 0 Å². The van der Waals surface area contributed by atoms with Gasteiger partial charge < -0.3 is 10.6 Å². The molecule has 23 heavy (non-hydrogen) atoms. The Labute approximate surface area is 138 Å². The predicted molar refractivity (Wildman–Crippen MR) is 92.5 cm³/mol. The molecule has 2 rings (SSSR count). The van der Waals surface area contributed by atoms with E-state index in [0.29, 0.717) is 13.0 Å². The van der Waals surface area contributed by atoms with Crippen LogP contribution in [-0.4, -0.2) is 33.7 Å². The van der Waals surface area contributed by atoms with Gasteiger partial charge in [0.15, 0.2) is 0 Å². The van der Waals surface area contributed by atoms with Gasteiger partial charge in [-0.05, 0) is 39.3 Å². The van der Waals surface area contributed by atoms with Crippen molar-refractivity contribution < 1.29 is 4.79 Å². The number of carbonyl (C=O) groups is 1. The Hall–Kier alpha value is -2.14. The Morgan fingerprint density at radius 3 is 2.57 bits per heavy atom. The molecule has 0 bridgehead atoms. The molecule has 0 fully saturated rings. The average Bonchev–Trinajstić information content (AvgIpc) is 2.75. The highest BCUT2D eigenvalue weighted by molar-refractivity contribution is 5.76. The maximum atomic E-state index is 12.1. The number of para-hydroxylation sites is 1. The van der Waals surface area contributed by atoms with Crippen molar-refractivity contribution >= 4 is 5.91 Å². The Morgan fingerprint density at radius 2 is 1.96 bits per heavy atom. The van der Waals surface area contributed by atoms with Crippen LogP contribution >= 0.6 is 0 Å². The van der Waals surface area contributed by atoms with E-state index >= 15 is 0 Å². The second kappa shape index (κ2) is 6.96. The molecule has 2 aromatic rings. The topological polar surface area (TPSA) is 64.2 Å². The van der Waals surface area contributed by atoms with E-state index in [2.05, 4.69) is 24.2 Å². The molecule has 0 saturated carbocycles. The van der Waals surface area contributed by atoms with Crippen molar-refractivity contribution in [1.29, 1.82) is 0 Å². The summed E-state index contributed by atoms with van der Waals surface area (Å²) in [6.45, 7) is 8.50. The number of hydrogen-bond acceptors (Lipinski definition) is 3. The second-order valence-corrected chi connectivity index (χ2v) is 6.28. The van der Waals surface area contributed by atoms with Gasteiger partial charge in [0.2, 0.25) is 5.91 Å². The number of rotatable bonds is 5. The van der Waals surface area contributed by atoms with Crippen LogP contribution in [0.15, 0.2) is 24.3 Å². The van der Waals surface area contributed by atoms with E-state index in [1.54, 1.807) is 4.90 Å². The third-order valence-electron chi connectivity index (χ3n) is 4.10. The minimum atomic E-state index is -0.123. The van der Waals surface area contributed by atoms with E-state index in [0.717, 1.165) is 22.6 Å². The van der Waals surface area contributed by atoms with Gasteiger partial charge in [-0.1, -0.05) is 18.2 Å². The Kier molecular flexibility index (Phi) is 5.21. The molecule has 0 saturated heterocycles. The number of nitrogens with zero attached hydrogens (tertiary/aromatic N) is 3. The summed E-state index contributed by atoms with van der Waals surface area (Å²) in [6, 6.07) is 8.04. The molecule has 0 aliphatic rings. The lowest BCUT2D eigenvalue weighted by molar-refractivity contribution is -0.130. The molecule has 1 aromatic heterocycles. The summed E-state index contributed by atoms with van der Waals surface area (Å²) in [6.07, 6.45) is 0.362. The van der Waals surface area contributed by atoms with Gasteiger partial charge in [0, 0.05) is 37.3 Å². The molecule has 0 spiro atoms. The molecular weight excluding hydrogens is 288 g/mol. The first kappa shape index (κ1) is 17.2. The van der Waals surface area contributed by atoms with Crippen LogP contribution in [-0.2, 0) is 11.3 Å². The molecule has 5 heteroatoms. The number of aromatic nitrogens is 2. The fraction of sp³-hybridized carbons (Fsp3) is 0.444. The fourth-order valence-electron chi connectivity index (χ4n) is 2.70. The third kappa shape index (κ3) is 3.79. The van der Waals surface area contributed by atoms with E-state index < -0.39 is 0 Å². The Morgan fingerprint density at radius 1 is 1.30 bits per heavy atom. The van der Waals surface area contributed by atoms with E-state index in [4.69, 9.17) is 5.73 Å². The number of aryl methyl sites for hydroxylation is 2. The first-order chi connectivity index (χ1) is 10.8. The highest BCUT2D eigenvalue weighted by atomic mass is 16.2. The lowest BCUT2D eigenvalue weighted by Gasteiger charge is -2.18. The maximum absolute atomic E-state index is 12.1. The average molecular weight is 314 g/mol. The quantitative estimate of drug-likeness (QED) is 0.922. The molecular formula is C18H26N4O. The van der Waals surface area contributed by atoms with Crippen molar-refractivity contribution in [3.05, 3.63) is 46.8 Å². The normalized spacial score (nSPS) is 12.3. The van der Waals surface area contributed by atoms with Crippen molar-refractivity contribution in [3.8, 4) is 5.69 Å². The first-order valence-corrected chi connectivity index (χ1v) is 7.92. The highest BCUT2D eigenvalue weighted by Crippen LogP contribution is 2.21. The van der Waals surface area contributed by atoms with Gasteiger partial charge in [-0.25, -0.2) is 4.68 Å². The summed E-state index contributed by atoms with van der Waals surface area (Å²) in [5.41, 5.74) is 11.1. The molecule has 0 aliphatic heterocycles. The largest absolute Gasteiger partial charge is 0.341 e. The van der Waals surface area contributed by atoms with Gasteiger partial charge in [-0.3, -0.25) is 4.79 Å². The van der Waals surface area contributed by atoms with E-state index in [9.17, 15) is 4.79 Å². The zero-order chi connectivity index (χ0) is 17.1. The van der Waals surface area contributed by atoms with Gasteiger partial charge in [0.1, 0.15) is 0 Å². The number of benzene rings is 1. The molecule has 1 unspecified atom stereocenters. The lowest BCUT2D eigenvalue weighted by Crippen LogP contribution is -2.31. The van der Waals surface area contributed by atoms with Crippen LogP contribution in [0.1, 0.15) is 35.9 Å². The lowest BCUT2D eigenvalue weighted by atomic mass is 10.1. The molecule has 124 valence electrons. The Bertz CT molecular complexity index is 703. The second-order valence-electron chi connectivity index (χ2n) is 6.28. The smallest absolute Gasteiger partial charge is 0.224 e. The third-order valence-corrected chi connectivity index (χ3v) is 4.10. The van der Waals surface area contributed by atoms with Crippen molar-refractivity contribution in [2.75, 3.05) is 7.05 Å². The standard InChI is InChI=1S/C18H26N4O/c1-12-8-6-7-9-17(12)22-15(4)16(14(3)20-22)11-21(5)18(23)10-13(2)19/h6-9,13H,10-11,19H2,1-5H3. The van der Waals surface area contributed by atoms with E-state index in [1.165, 1.54) is 5.56 Å². The molecule has 0 radical (unpaired) electrons. The molecule has 1 amide bonds. The SMILES string of the molecule is Cc1ccccc1-n1nc(C)c(CN(C)C(=O)CC(C)N)c1C. The minimum Gasteiger partial charge on any atom is -0.341 e. The van der Waals surface area contributed by atoms with E-state index in [1.807, 2.05) is 44.6 Å². The number of hydrogen-bond donors (Lipinski definition) is 1. The minimum absolute atomic E-state index is 0.0578. The molecule has 5 nitrogen and oxygen atoms in total. The summed E-state index contributed by atoms with van der Waals surface area (Å²) in [5.74, 6) is 0.0578. The number of amides is 1. The summed E-state index contributed by atoms with van der Waals surface area (Å²) in [4.78, 5) is 13.9. The zero-order valence-electron chi connectivity index (χ0n) is 14.6. The Balaban J connectivity index is 2.28. The summed E-state index contributed by atoms with van der Waals surface area (Å²) >= 11 is 0. The maximum Gasteiger partial charge on any atom is 0.224 e. The molecule has 1 aromatic carbocycles. The summed E-state index contributed by atoms with van der Waals surface area (Å²) < 4.78 is 1.96. The van der Waals surface area contributed by atoms with Gasteiger partial charge >= 0.3 is 0 Å². The highest BCUT2D eigenvalue weighted by Gasteiger charge is 2.18. The molecule has 0 aliphatic carbocycles. The van der Waals surface area contributed by atoms with Crippen molar-refractivity contribution in [3.63, 3.8) is 0 Å². The van der Waals surface area contributed by atoms with Crippen LogP contribution in [0.5, 0.6) is 0 Å². The molecule has 1 atom stereocenters.